The van der Waals surface area contributed by atoms with Gasteiger partial charge in [-0.3, -0.25) is 14.5 Å². The van der Waals surface area contributed by atoms with Crippen molar-refractivity contribution in [1.82, 2.24) is 10.3 Å². The van der Waals surface area contributed by atoms with Crippen molar-refractivity contribution < 1.29 is 19.1 Å². The van der Waals surface area contributed by atoms with Crippen molar-refractivity contribution in [3.05, 3.63) is 99.8 Å². The molecule has 3 aromatic rings. The number of rotatable bonds is 10. The molecule has 0 aliphatic heterocycles. The average Bonchev–Trinajstić information content (AvgIpc) is 2.86. The van der Waals surface area contributed by atoms with Gasteiger partial charge in [0.2, 0.25) is 0 Å². The lowest BCUT2D eigenvalue weighted by molar-refractivity contribution is 0.0956. The van der Waals surface area contributed by atoms with Crippen molar-refractivity contribution in [2.45, 2.75) is 13.5 Å². The lowest BCUT2D eigenvalue weighted by Crippen LogP contribution is -2.26. The molecule has 2 amide bonds. The number of hydrogen-bond donors (Lipinski definition) is 3. The molecule has 0 saturated carbocycles. The van der Waals surface area contributed by atoms with Gasteiger partial charge in [0.1, 0.15) is 5.82 Å². The molecule has 0 aromatic heterocycles. The van der Waals surface area contributed by atoms with Crippen LogP contribution in [0.15, 0.2) is 71.8 Å². The SMILES string of the molecule is CCN(CCO)Cc1ccc(C(=O)Nc2ccc(Cl)cc2C(=O)NN=Cc2ccc(F)cc2)cc1. The highest BCUT2D eigenvalue weighted by molar-refractivity contribution is 6.31. The third kappa shape index (κ3) is 7.71. The predicted octanol–water partition coefficient (Wildman–Crippen LogP) is 4.31. The van der Waals surface area contributed by atoms with E-state index in [1.807, 2.05) is 19.1 Å². The molecule has 0 spiro atoms. The van der Waals surface area contributed by atoms with Gasteiger partial charge in [0.25, 0.3) is 11.8 Å². The first kappa shape index (κ1) is 26.0. The standard InChI is InChI=1S/C26H26ClFN4O3/c1-2-32(13-14-33)17-19-3-7-20(8-4-19)25(34)30-24-12-9-21(27)15-23(24)26(35)31-29-16-18-5-10-22(28)11-6-18/h3-12,15-16,33H,2,13-14,17H2,1H3,(H,30,34)(H,31,35). The molecular weight excluding hydrogens is 471 g/mol. The summed E-state index contributed by atoms with van der Waals surface area (Å²) in [6.45, 7) is 4.15. The molecule has 0 heterocycles. The Kier molecular flexibility index (Phi) is 9.48. The van der Waals surface area contributed by atoms with Crippen molar-refractivity contribution >= 4 is 35.3 Å². The Morgan fingerprint density at radius 3 is 2.43 bits per heavy atom. The maximum atomic E-state index is 13.0. The topological polar surface area (TPSA) is 94.0 Å². The minimum absolute atomic E-state index is 0.0862. The number of anilines is 1. The second-order valence-corrected chi connectivity index (χ2v) is 8.12. The van der Waals surface area contributed by atoms with Gasteiger partial charge in [0.05, 0.1) is 24.1 Å². The summed E-state index contributed by atoms with van der Waals surface area (Å²) in [5, 5.41) is 16.1. The van der Waals surface area contributed by atoms with Gasteiger partial charge in [-0.15, -0.1) is 0 Å². The van der Waals surface area contributed by atoms with Crippen LogP contribution in [0.5, 0.6) is 0 Å². The molecule has 0 atom stereocenters. The second-order valence-electron chi connectivity index (χ2n) is 7.68. The third-order valence-corrected chi connectivity index (χ3v) is 5.45. The number of halogens is 2. The summed E-state index contributed by atoms with van der Waals surface area (Å²) in [6.07, 6.45) is 1.38. The van der Waals surface area contributed by atoms with Crippen molar-refractivity contribution in [3.8, 4) is 0 Å². The zero-order chi connectivity index (χ0) is 25.2. The van der Waals surface area contributed by atoms with Crippen molar-refractivity contribution in [2.75, 3.05) is 25.0 Å². The molecule has 3 N–H and O–H groups in total. The molecule has 182 valence electrons. The molecule has 0 unspecified atom stereocenters. The Bertz CT molecular complexity index is 1180. The van der Waals surface area contributed by atoms with Crippen molar-refractivity contribution in [3.63, 3.8) is 0 Å². The van der Waals surface area contributed by atoms with E-state index in [0.717, 1.165) is 12.1 Å². The summed E-state index contributed by atoms with van der Waals surface area (Å²) in [7, 11) is 0. The first-order valence-corrected chi connectivity index (χ1v) is 11.4. The Labute approximate surface area is 208 Å². The average molecular weight is 497 g/mol. The van der Waals surface area contributed by atoms with E-state index < -0.39 is 5.91 Å². The Hall–Kier alpha value is -3.59. The van der Waals surface area contributed by atoms with E-state index in [1.54, 1.807) is 24.3 Å². The summed E-state index contributed by atoms with van der Waals surface area (Å²) < 4.78 is 13.0. The zero-order valence-electron chi connectivity index (χ0n) is 19.2. The fourth-order valence-electron chi connectivity index (χ4n) is 3.29. The summed E-state index contributed by atoms with van der Waals surface area (Å²) in [5.74, 6) is -1.32. The third-order valence-electron chi connectivity index (χ3n) is 5.21. The highest BCUT2D eigenvalue weighted by Gasteiger charge is 2.15. The summed E-state index contributed by atoms with van der Waals surface area (Å²) in [4.78, 5) is 27.6. The second kappa shape index (κ2) is 12.8. The van der Waals surface area contributed by atoms with Gasteiger partial charge in [-0.2, -0.15) is 5.10 Å². The van der Waals surface area contributed by atoms with Gasteiger partial charge in [-0.05, 0) is 60.1 Å². The van der Waals surface area contributed by atoms with Crippen molar-refractivity contribution in [2.24, 2.45) is 5.10 Å². The minimum Gasteiger partial charge on any atom is -0.395 e. The normalized spacial score (nSPS) is 11.1. The van der Waals surface area contributed by atoms with Gasteiger partial charge >= 0.3 is 0 Å². The quantitative estimate of drug-likeness (QED) is 0.288. The van der Waals surface area contributed by atoms with E-state index in [1.165, 1.54) is 36.5 Å². The van der Waals surface area contributed by atoms with Crippen LogP contribution in [0.1, 0.15) is 38.8 Å². The number of carbonyl (C=O) groups is 2. The van der Waals surface area contributed by atoms with Crippen LogP contribution >= 0.6 is 11.6 Å². The van der Waals surface area contributed by atoms with Crippen LogP contribution in [0.2, 0.25) is 5.02 Å². The van der Waals surface area contributed by atoms with E-state index in [4.69, 9.17) is 16.7 Å². The molecule has 0 aliphatic carbocycles. The van der Waals surface area contributed by atoms with Crippen LogP contribution in [-0.4, -0.2) is 47.7 Å². The maximum absolute atomic E-state index is 13.0. The van der Waals surface area contributed by atoms with Crippen LogP contribution in [0.25, 0.3) is 0 Å². The molecule has 3 rings (SSSR count). The number of benzene rings is 3. The van der Waals surface area contributed by atoms with E-state index in [0.29, 0.717) is 29.2 Å². The molecule has 7 nitrogen and oxygen atoms in total. The smallest absolute Gasteiger partial charge is 0.273 e. The number of carbonyl (C=O) groups excluding carboxylic acids is 2. The fraction of sp³-hybridized carbons (Fsp3) is 0.192. The van der Waals surface area contributed by atoms with E-state index in [2.05, 4.69) is 20.7 Å². The number of aliphatic hydroxyl groups is 1. The molecule has 0 fully saturated rings. The van der Waals surface area contributed by atoms with Crippen LogP contribution in [0, 0.1) is 5.82 Å². The van der Waals surface area contributed by atoms with Gasteiger partial charge in [0.15, 0.2) is 0 Å². The van der Waals surface area contributed by atoms with E-state index >= 15 is 0 Å². The van der Waals surface area contributed by atoms with Crippen molar-refractivity contribution in [1.29, 1.82) is 0 Å². The number of hydrazone groups is 1. The highest BCUT2D eigenvalue weighted by atomic mass is 35.5. The minimum atomic E-state index is -0.569. The Morgan fingerprint density at radius 1 is 1.06 bits per heavy atom. The number of nitrogens with zero attached hydrogens (tertiary/aromatic N) is 2. The summed E-state index contributed by atoms with van der Waals surface area (Å²) >= 11 is 6.07. The van der Waals surface area contributed by atoms with E-state index in [9.17, 15) is 14.0 Å². The number of aliphatic hydroxyl groups excluding tert-OH is 1. The molecule has 0 radical (unpaired) electrons. The lowest BCUT2D eigenvalue weighted by atomic mass is 10.1. The molecule has 35 heavy (non-hydrogen) atoms. The summed E-state index contributed by atoms with van der Waals surface area (Å²) in [5.41, 5.74) is 4.85. The van der Waals surface area contributed by atoms with Crippen LogP contribution < -0.4 is 10.7 Å². The molecule has 0 saturated heterocycles. The van der Waals surface area contributed by atoms with E-state index in [-0.39, 0.29) is 29.6 Å². The number of amides is 2. The van der Waals surface area contributed by atoms with Crippen LogP contribution in [0.3, 0.4) is 0 Å². The van der Waals surface area contributed by atoms with Crippen LogP contribution in [0.4, 0.5) is 10.1 Å². The number of likely N-dealkylation sites (N-methyl/N-ethyl adjacent to an activating group) is 1. The maximum Gasteiger partial charge on any atom is 0.273 e. The molecule has 3 aromatic carbocycles. The first-order chi connectivity index (χ1) is 16.9. The Balaban J connectivity index is 1.68. The molecule has 0 bridgehead atoms. The monoisotopic (exact) mass is 496 g/mol. The predicted molar refractivity (Wildman–Crippen MR) is 135 cm³/mol. The number of hydrogen-bond acceptors (Lipinski definition) is 5. The molecular formula is C26H26ClFN4O3. The highest BCUT2D eigenvalue weighted by Crippen LogP contribution is 2.22. The number of nitrogens with one attached hydrogen (secondary N) is 2. The Morgan fingerprint density at radius 2 is 1.77 bits per heavy atom. The van der Waals surface area contributed by atoms with Crippen LogP contribution in [-0.2, 0) is 6.54 Å². The molecule has 0 aliphatic rings. The van der Waals surface area contributed by atoms with Gasteiger partial charge in [0, 0.05) is 23.7 Å². The van der Waals surface area contributed by atoms with Gasteiger partial charge in [-0.25, -0.2) is 9.82 Å². The molecule has 9 heteroatoms. The first-order valence-electron chi connectivity index (χ1n) is 11.0. The summed E-state index contributed by atoms with van der Waals surface area (Å²) in [6, 6.07) is 17.3. The van der Waals surface area contributed by atoms with Gasteiger partial charge < -0.3 is 10.4 Å². The fourth-order valence-corrected chi connectivity index (χ4v) is 3.46. The zero-order valence-corrected chi connectivity index (χ0v) is 19.9. The lowest BCUT2D eigenvalue weighted by Gasteiger charge is -2.19. The van der Waals surface area contributed by atoms with Gasteiger partial charge in [-0.1, -0.05) is 42.8 Å². The largest absolute Gasteiger partial charge is 0.395 e.